The van der Waals surface area contributed by atoms with Crippen LogP contribution in [0.2, 0.25) is 0 Å². The second-order valence-electron chi connectivity index (χ2n) is 4.13. The average molecular weight is 285 g/mol. The summed E-state index contributed by atoms with van der Waals surface area (Å²) in [5.41, 5.74) is 0.739. The first-order chi connectivity index (χ1) is 9.69. The first-order valence-corrected chi connectivity index (χ1v) is 6.37. The molecule has 112 valence electrons. The van der Waals surface area contributed by atoms with E-state index < -0.39 is 5.82 Å². The van der Waals surface area contributed by atoms with Crippen molar-refractivity contribution in [2.24, 2.45) is 5.16 Å². The van der Waals surface area contributed by atoms with Crippen LogP contribution in [0.15, 0.2) is 23.4 Å². The van der Waals surface area contributed by atoms with Crippen LogP contribution in [0.3, 0.4) is 0 Å². The molecule has 0 aliphatic rings. The highest BCUT2D eigenvalue weighted by Gasteiger charge is 2.09. The standard InChI is InChI=1S/C14H20FNO4/c1-11(16-17)13-10-12(15)4-5-14(13)20-7-3-6-19-9-8-18-2/h4-5,10,17H,3,6-9H2,1-2H3/b16-11+. The summed E-state index contributed by atoms with van der Waals surface area (Å²) in [5.74, 6) is 0.0804. The smallest absolute Gasteiger partial charge is 0.128 e. The maximum atomic E-state index is 13.2. The largest absolute Gasteiger partial charge is 0.493 e. The molecule has 0 atom stereocenters. The van der Waals surface area contributed by atoms with Crippen LogP contribution in [-0.2, 0) is 9.47 Å². The normalized spacial score (nSPS) is 11.7. The Bertz CT molecular complexity index is 437. The molecule has 5 nitrogen and oxygen atoms in total. The molecule has 0 aliphatic carbocycles. The van der Waals surface area contributed by atoms with Crippen molar-refractivity contribution >= 4 is 5.71 Å². The van der Waals surface area contributed by atoms with Gasteiger partial charge in [0.05, 0.1) is 25.5 Å². The van der Waals surface area contributed by atoms with Crippen LogP contribution in [0.4, 0.5) is 4.39 Å². The molecular formula is C14H20FNO4. The summed E-state index contributed by atoms with van der Waals surface area (Å²) in [4.78, 5) is 0. The van der Waals surface area contributed by atoms with Crippen LogP contribution in [0.1, 0.15) is 18.9 Å². The van der Waals surface area contributed by atoms with Crippen LogP contribution in [0.5, 0.6) is 5.75 Å². The van der Waals surface area contributed by atoms with Crippen molar-refractivity contribution in [1.29, 1.82) is 0 Å². The number of ether oxygens (including phenoxy) is 3. The van der Waals surface area contributed by atoms with E-state index in [1.807, 2.05) is 0 Å². The summed E-state index contributed by atoms with van der Waals surface area (Å²) in [6, 6.07) is 4.10. The fraction of sp³-hybridized carbons (Fsp3) is 0.500. The molecule has 1 aromatic carbocycles. The molecule has 0 saturated carbocycles. The summed E-state index contributed by atoms with van der Waals surface area (Å²) in [6.45, 7) is 3.69. The maximum Gasteiger partial charge on any atom is 0.128 e. The Morgan fingerprint density at radius 2 is 2.05 bits per heavy atom. The molecule has 1 rings (SSSR count). The second kappa shape index (κ2) is 9.28. The van der Waals surface area contributed by atoms with E-state index in [1.54, 1.807) is 14.0 Å². The van der Waals surface area contributed by atoms with Crippen molar-refractivity contribution in [3.05, 3.63) is 29.6 Å². The zero-order chi connectivity index (χ0) is 14.8. The Hall–Kier alpha value is -1.66. The number of hydrogen-bond donors (Lipinski definition) is 1. The van der Waals surface area contributed by atoms with Crippen LogP contribution < -0.4 is 4.74 Å². The molecule has 0 aromatic heterocycles. The predicted octanol–water partition coefficient (Wildman–Crippen LogP) is 2.46. The first kappa shape index (κ1) is 16.4. The molecule has 6 heteroatoms. The zero-order valence-electron chi connectivity index (χ0n) is 11.8. The van der Waals surface area contributed by atoms with Gasteiger partial charge in [-0.3, -0.25) is 0 Å². The highest BCUT2D eigenvalue weighted by atomic mass is 19.1. The molecule has 0 bridgehead atoms. The van der Waals surface area contributed by atoms with Crippen molar-refractivity contribution in [3.63, 3.8) is 0 Å². The monoisotopic (exact) mass is 285 g/mol. The van der Waals surface area contributed by atoms with Gasteiger partial charge in [-0.1, -0.05) is 5.16 Å². The third kappa shape index (κ3) is 5.54. The van der Waals surface area contributed by atoms with Crippen molar-refractivity contribution in [2.75, 3.05) is 33.5 Å². The van der Waals surface area contributed by atoms with E-state index in [2.05, 4.69) is 5.16 Å². The molecule has 0 saturated heterocycles. The van der Waals surface area contributed by atoms with Crippen LogP contribution in [0.25, 0.3) is 0 Å². The Kier molecular flexibility index (Phi) is 7.60. The second-order valence-corrected chi connectivity index (χ2v) is 4.13. The van der Waals surface area contributed by atoms with Gasteiger partial charge in [0.25, 0.3) is 0 Å². The predicted molar refractivity (Wildman–Crippen MR) is 73.2 cm³/mol. The Morgan fingerprint density at radius 3 is 2.75 bits per heavy atom. The third-order valence-corrected chi connectivity index (χ3v) is 2.60. The van der Waals surface area contributed by atoms with E-state index in [0.29, 0.717) is 49.9 Å². The average Bonchev–Trinajstić information content (AvgIpc) is 2.46. The number of benzene rings is 1. The number of nitrogens with zero attached hydrogens (tertiary/aromatic N) is 1. The summed E-state index contributed by atoms with van der Waals surface area (Å²) < 4.78 is 28.9. The van der Waals surface area contributed by atoms with Gasteiger partial charge in [0, 0.05) is 25.7 Å². The van der Waals surface area contributed by atoms with Crippen LogP contribution in [0, 0.1) is 5.82 Å². The van der Waals surface area contributed by atoms with Gasteiger partial charge in [-0.25, -0.2) is 4.39 Å². The van der Waals surface area contributed by atoms with Crippen molar-refractivity contribution in [3.8, 4) is 5.75 Å². The molecule has 0 spiro atoms. The molecule has 0 radical (unpaired) electrons. The van der Waals surface area contributed by atoms with Gasteiger partial charge >= 0.3 is 0 Å². The molecule has 0 unspecified atom stereocenters. The minimum absolute atomic E-state index is 0.302. The van der Waals surface area contributed by atoms with Crippen LogP contribution in [-0.4, -0.2) is 44.5 Å². The molecule has 0 amide bonds. The van der Waals surface area contributed by atoms with Gasteiger partial charge in [-0.05, 0) is 25.1 Å². The number of oxime groups is 1. The molecule has 0 fully saturated rings. The van der Waals surface area contributed by atoms with E-state index in [4.69, 9.17) is 19.4 Å². The zero-order valence-corrected chi connectivity index (χ0v) is 11.8. The maximum absolute atomic E-state index is 13.2. The third-order valence-electron chi connectivity index (χ3n) is 2.60. The summed E-state index contributed by atoms with van der Waals surface area (Å²) in [7, 11) is 1.62. The number of methoxy groups -OCH3 is 1. The van der Waals surface area contributed by atoms with Gasteiger partial charge in [-0.15, -0.1) is 0 Å². The van der Waals surface area contributed by atoms with Crippen LogP contribution >= 0.6 is 0 Å². The highest BCUT2D eigenvalue weighted by molar-refractivity contribution is 6.00. The lowest BCUT2D eigenvalue weighted by Gasteiger charge is -2.11. The topological polar surface area (TPSA) is 60.3 Å². The van der Waals surface area contributed by atoms with Gasteiger partial charge in [-0.2, -0.15) is 0 Å². The summed E-state index contributed by atoms with van der Waals surface area (Å²) in [6.07, 6.45) is 0.704. The molecule has 1 N–H and O–H groups in total. The molecule has 0 heterocycles. The van der Waals surface area contributed by atoms with Gasteiger partial charge < -0.3 is 19.4 Å². The van der Waals surface area contributed by atoms with Crippen molar-refractivity contribution in [2.45, 2.75) is 13.3 Å². The fourth-order valence-electron chi connectivity index (χ4n) is 1.55. The number of rotatable bonds is 9. The van der Waals surface area contributed by atoms with Gasteiger partial charge in [0.2, 0.25) is 0 Å². The SMILES string of the molecule is COCCOCCCOc1ccc(F)cc1/C(C)=N/O. The lowest BCUT2D eigenvalue weighted by Crippen LogP contribution is -2.08. The molecular weight excluding hydrogens is 265 g/mol. The fourth-order valence-corrected chi connectivity index (χ4v) is 1.55. The van der Waals surface area contributed by atoms with E-state index in [1.165, 1.54) is 18.2 Å². The van der Waals surface area contributed by atoms with Crippen molar-refractivity contribution < 1.29 is 23.8 Å². The van der Waals surface area contributed by atoms with Crippen molar-refractivity contribution in [1.82, 2.24) is 0 Å². The van der Waals surface area contributed by atoms with E-state index in [9.17, 15) is 4.39 Å². The molecule has 1 aromatic rings. The van der Waals surface area contributed by atoms with E-state index in [-0.39, 0.29) is 0 Å². The lowest BCUT2D eigenvalue weighted by atomic mass is 10.1. The van der Waals surface area contributed by atoms with Gasteiger partial charge in [0.15, 0.2) is 0 Å². The Balaban J connectivity index is 2.43. The highest BCUT2D eigenvalue weighted by Crippen LogP contribution is 2.20. The lowest BCUT2D eigenvalue weighted by molar-refractivity contribution is 0.0644. The number of hydrogen-bond acceptors (Lipinski definition) is 5. The quantitative estimate of drug-likeness (QED) is 0.328. The van der Waals surface area contributed by atoms with E-state index in [0.717, 1.165) is 0 Å². The summed E-state index contributed by atoms with van der Waals surface area (Å²) in [5, 5.41) is 11.8. The number of halogens is 1. The Labute approximate surface area is 118 Å². The minimum atomic E-state index is -0.404. The first-order valence-electron chi connectivity index (χ1n) is 6.37. The molecule has 20 heavy (non-hydrogen) atoms. The molecule has 0 aliphatic heterocycles. The summed E-state index contributed by atoms with van der Waals surface area (Å²) >= 11 is 0. The minimum Gasteiger partial charge on any atom is -0.493 e. The van der Waals surface area contributed by atoms with E-state index >= 15 is 0 Å². The van der Waals surface area contributed by atoms with Gasteiger partial charge in [0.1, 0.15) is 11.6 Å². The Morgan fingerprint density at radius 1 is 1.25 bits per heavy atom.